The van der Waals surface area contributed by atoms with Gasteiger partial charge in [0.2, 0.25) is 0 Å². The average Bonchev–Trinajstić information content (AvgIpc) is 2.73. The van der Waals surface area contributed by atoms with E-state index in [1.165, 1.54) is 12.7 Å². The Morgan fingerprint density at radius 2 is 1.77 bits per heavy atom. The number of nitrogens with zero attached hydrogens (tertiary/aromatic N) is 5. The van der Waals surface area contributed by atoms with E-state index in [1.54, 1.807) is 24.0 Å². The number of halogens is 1. The third-order valence-electron chi connectivity index (χ3n) is 4.82. The third kappa shape index (κ3) is 5.35. The number of benzene rings is 2. The van der Waals surface area contributed by atoms with Gasteiger partial charge in [-0.3, -0.25) is 0 Å². The van der Waals surface area contributed by atoms with E-state index in [2.05, 4.69) is 51.2 Å². The normalized spacial score (nSPS) is 15.0. The number of ether oxygens (including phenoxy) is 1. The fourth-order valence-corrected chi connectivity index (χ4v) is 5.83. The molecule has 0 saturated carbocycles. The number of aliphatic imine (C=N–C) groups is 1. The van der Waals surface area contributed by atoms with Crippen molar-refractivity contribution >= 4 is 12.0 Å². The number of hydrogen-bond donors (Lipinski definition) is 0. The first-order valence-electron chi connectivity index (χ1n) is 9.68. The molecule has 30 heavy (non-hydrogen) atoms. The van der Waals surface area contributed by atoms with E-state index in [0.29, 0.717) is 13.3 Å². The standard InChI is InChI=1S/C22H29IN5O2/c1-24-21(28-15-26(3)22(29)27(4)16-28)25(2)14-17-7-6-8-19(13-17)23-18-9-11-20(30-5)12-10-18/h6-13H,14-16H2,1-5H3/q-1. The van der Waals surface area contributed by atoms with Gasteiger partial charge in [-0.1, -0.05) is 0 Å². The predicted molar refractivity (Wildman–Crippen MR) is 114 cm³/mol. The molecule has 1 aliphatic rings. The van der Waals surface area contributed by atoms with Crippen molar-refractivity contribution < 1.29 is 30.7 Å². The number of carbonyl (C=O) groups is 1. The molecule has 1 heterocycles. The van der Waals surface area contributed by atoms with Crippen LogP contribution in [0.3, 0.4) is 0 Å². The first-order chi connectivity index (χ1) is 14.4. The third-order valence-corrected chi connectivity index (χ3v) is 7.46. The molecule has 1 fully saturated rings. The summed E-state index contributed by atoms with van der Waals surface area (Å²) in [4.78, 5) is 24.2. The van der Waals surface area contributed by atoms with E-state index in [9.17, 15) is 4.79 Å². The van der Waals surface area contributed by atoms with Crippen LogP contribution >= 0.6 is 0 Å². The molecule has 1 aliphatic heterocycles. The second kappa shape index (κ2) is 10.0. The SMILES string of the molecule is CN=C(N(C)Cc1cccc([I-]c2ccc(OC)cc2)c1)N1CN(C)C(=O)N(C)C1. The van der Waals surface area contributed by atoms with Crippen LogP contribution in [-0.4, -0.2) is 80.2 Å². The predicted octanol–water partition coefficient (Wildman–Crippen LogP) is -0.545. The summed E-state index contributed by atoms with van der Waals surface area (Å²) in [5, 5.41) is 0. The summed E-state index contributed by atoms with van der Waals surface area (Å²) in [5.41, 5.74) is 1.25. The van der Waals surface area contributed by atoms with Crippen LogP contribution < -0.4 is 25.9 Å². The quantitative estimate of drug-likeness (QED) is 0.301. The first kappa shape index (κ1) is 22.2. The Bertz CT molecular complexity index is 889. The minimum absolute atomic E-state index is 0.0273. The summed E-state index contributed by atoms with van der Waals surface area (Å²) in [6.07, 6.45) is 0. The monoisotopic (exact) mass is 522 g/mol. The van der Waals surface area contributed by atoms with Gasteiger partial charge >= 0.3 is 189 Å². The molecule has 0 bridgehead atoms. The van der Waals surface area contributed by atoms with Crippen molar-refractivity contribution in [1.29, 1.82) is 0 Å². The van der Waals surface area contributed by atoms with Crippen LogP contribution in [0.25, 0.3) is 0 Å². The first-order valence-corrected chi connectivity index (χ1v) is 11.8. The van der Waals surface area contributed by atoms with Gasteiger partial charge in [0.05, 0.1) is 0 Å². The number of urea groups is 1. The van der Waals surface area contributed by atoms with Crippen LogP contribution in [0.4, 0.5) is 4.79 Å². The zero-order chi connectivity index (χ0) is 21.7. The van der Waals surface area contributed by atoms with Crippen molar-refractivity contribution in [3.05, 3.63) is 61.2 Å². The van der Waals surface area contributed by atoms with E-state index in [4.69, 9.17) is 4.74 Å². The maximum absolute atomic E-state index is 12.0. The molecule has 8 heteroatoms. The van der Waals surface area contributed by atoms with Gasteiger partial charge in [0.25, 0.3) is 0 Å². The van der Waals surface area contributed by atoms with E-state index in [0.717, 1.165) is 18.3 Å². The number of hydrogen-bond acceptors (Lipinski definition) is 3. The van der Waals surface area contributed by atoms with Crippen LogP contribution in [-0.2, 0) is 6.54 Å². The van der Waals surface area contributed by atoms with Gasteiger partial charge in [-0.15, -0.1) is 0 Å². The molecule has 7 nitrogen and oxygen atoms in total. The summed E-state index contributed by atoms with van der Waals surface area (Å²) in [6, 6.07) is 17.2. The van der Waals surface area contributed by atoms with Gasteiger partial charge in [0.15, 0.2) is 0 Å². The molecule has 162 valence electrons. The minimum atomic E-state index is -0.247. The van der Waals surface area contributed by atoms with E-state index in [1.807, 2.05) is 33.3 Å². The van der Waals surface area contributed by atoms with Crippen LogP contribution in [0.1, 0.15) is 5.56 Å². The van der Waals surface area contributed by atoms with Crippen LogP contribution in [0, 0.1) is 7.14 Å². The van der Waals surface area contributed by atoms with Gasteiger partial charge in [0, 0.05) is 0 Å². The second-order valence-electron chi connectivity index (χ2n) is 7.26. The van der Waals surface area contributed by atoms with Crippen molar-refractivity contribution in [2.45, 2.75) is 6.54 Å². The molecule has 0 aromatic heterocycles. The molecule has 2 amide bonds. The Balaban J connectivity index is 1.67. The molecule has 0 aliphatic carbocycles. The number of carbonyl (C=O) groups excluding carboxylic acids is 1. The summed E-state index contributed by atoms with van der Waals surface area (Å²) in [5.74, 6) is 1.76. The van der Waals surface area contributed by atoms with Crippen LogP contribution in [0.2, 0.25) is 0 Å². The molecule has 0 spiro atoms. The summed E-state index contributed by atoms with van der Waals surface area (Å²) < 4.78 is 7.99. The zero-order valence-corrected chi connectivity index (χ0v) is 20.3. The van der Waals surface area contributed by atoms with E-state index >= 15 is 0 Å². The van der Waals surface area contributed by atoms with Crippen molar-refractivity contribution in [2.75, 3.05) is 48.6 Å². The molecule has 2 aromatic carbocycles. The van der Waals surface area contributed by atoms with Gasteiger partial charge in [0.1, 0.15) is 0 Å². The molecule has 1 saturated heterocycles. The summed E-state index contributed by atoms with van der Waals surface area (Å²) in [7, 11) is 9.16. The van der Waals surface area contributed by atoms with Gasteiger partial charge in [-0.25, -0.2) is 0 Å². The number of methoxy groups -OCH3 is 1. The fourth-order valence-electron chi connectivity index (χ4n) is 3.45. The Labute approximate surface area is 189 Å². The van der Waals surface area contributed by atoms with E-state index in [-0.39, 0.29) is 27.2 Å². The van der Waals surface area contributed by atoms with E-state index < -0.39 is 0 Å². The second-order valence-corrected chi connectivity index (χ2v) is 10.3. The van der Waals surface area contributed by atoms with Crippen LogP contribution in [0.5, 0.6) is 5.75 Å². The Kier molecular flexibility index (Phi) is 7.41. The van der Waals surface area contributed by atoms with Gasteiger partial charge in [-0.05, 0) is 0 Å². The number of rotatable bonds is 5. The van der Waals surface area contributed by atoms with Crippen molar-refractivity contribution in [3.8, 4) is 5.75 Å². The molecular formula is C22H29IN5O2-. The van der Waals surface area contributed by atoms with Gasteiger partial charge in [-0.2, -0.15) is 0 Å². The molecule has 0 unspecified atom stereocenters. The Hall–Kier alpha value is -2.49. The molecule has 2 aromatic rings. The average molecular weight is 522 g/mol. The Morgan fingerprint density at radius 3 is 2.37 bits per heavy atom. The zero-order valence-electron chi connectivity index (χ0n) is 18.2. The van der Waals surface area contributed by atoms with Crippen molar-refractivity contribution in [1.82, 2.24) is 19.6 Å². The number of amides is 2. The molecule has 0 N–H and O–H groups in total. The molecule has 0 radical (unpaired) electrons. The summed E-state index contributed by atoms with van der Waals surface area (Å²) >= 11 is -0.247. The Morgan fingerprint density at radius 1 is 1.10 bits per heavy atom. The topological polar surface area (TPSA) is 51.6 Å². The molecule has 0 atom stereocenters. The van der Waals surface area contributed by atoms with Crippen molar-refractivity contribution in [3.63, 3.8) is 0 Å². The summed E-state index contributed by atoms with van der Waals surface area (Å²) in [6.45, 7) is 1.82. The number of guanidine groups is 1. The van der Waals surface area contributed by atoms with Gasteiger partial charge < -0.3 is 0 Å². The van der Waals surface area contributed by atoms with Crippen LogP contribution in [0.15, 0.2) is 53.5 Å². The fraction of sp³-hybridized carbons (Fsp3) is 0.364. The van der Waals surface area contributed by atoms with Crippen molar-refractivity contribution in [2.24, 2.45) is 4.99 Å². The molecular weight excluding hydrogens is 493 g/mol. The molecule has 3 rings (SSSR count). The maximum atomic E-state index is 12.0.